The minimum absolute atomic E-state index is 0.764. The van der Waals surface area contributed by atoms with Gasteiger partial charge in [0.2, 0.25) is 0 Å². The van der Waals surface area contributed by atoms with Crippen molar-refractivity contribution < 1.29 is 4.79 Å². The molecule has 0 spiro atoms. The first-order chi connectivity index (χ1) is 10.7. The predicted octanol–water partition coefficient (Wildman–Crippen LogP) is 5.62. The number of aryl methyl sites for hydroxylation is 3. The normalized spacial score (nSPS) is 10.6. The van der Waals surface area contributed by atoms with Gasteiger partial charge in [0.15, 0.2) is 0 Å². The van der Waals surface area contributed by atoms with E-state index < -0.39 is 0 Å². The van der Waals surface area contributed by atoms with Gasteiger partial charge in [-0.15, -0.1) is 11.8 Å². The van der Waals surface area contributed by atoms with Crippen LogP contribution < -0.4 is 0 Å². The summed E-state index contributed by atoms with van der Waals surface area (Å²) >= 11 is 1.90. The Kier molecular flexibility index (Phi) is 6.73. The standard InChI is InChI=1S/C20H24OS/c1-16-7-9-18(10-8-16)6-4-3-5-13-22-20-12-11-19(15-21)14-17(20)2/h7-12,14-15H,3-6,13H2,1-2H3. The molecular formula is C20H24OS. The molecule has 0 aliphatic carbocycles. The highest BCUT2D eigenvalue weighted by molar-refractivity contribution is 7.99. The Morgan fingerprint density at radius 3 is 2.41 bits per heavy atom. The van der Waals surface area contributed by atoms with Crippen LogP contribution in [0.15, 0.2) is 47.4 Å². The van der Waals surface area contributed by atoms with E-state index in [1.54, 1.807) is 0 Å². The molecule has 0 radical (unpaired) electrons. The van der Waals surface area contributed by atoms with Gasteiger partial charge in [-0.05, 0) is 62.1 Å². The van der Waals surface area contributed by atoms with Crippen LogP contribution in [0.2, 0.25) is 0 Å². The molecule has 0 saturated carbocycles. The molecule has 22 heavy (non-hydrogen) atoms. The maximum Gasteiger partial charge on any atom is 0.150 e. The lowest BCUT2D eigenvalue weighted by Gasteiger charge is -2.06. The van der Waals surface area contributed by atoms with E-state index >= 15 is 0 Å². The Morgan fingerprint density at radius 2 is 1.73 bits per heavy atom. The van der Waals surface area contributed by atoms with Gasteiger partial charge in [-0.25, -0.2) is 0 Å². The number of thioether (sulfide) groups is 1. The van der Waals surface area contributed by atoms with Crippen LogP contribution in [0.3, 0.4) is 0 Å². The van der Waals surface area contributed by atoms with Crippen molar-refractivity contribution in [3.63, 3.8) is 0 Å². The van der Waals surface area contributed by atoms with Crippen molar-refractivity contribution in [2.24, 2.45) is 0 Å². The van der Waals surface area contributed by atoms with Gasteiger partial charge >= 0.3 is 0 Å². The monoisotopic (exact) mass is 312 g/mol. The fourth-order valence-corrected chi connectivity index (χ4v) is 3.47. The van der Waals surface area contributed by atoms with Crippen LogP contribution in [0.4, 0.5) is 0 Å². The quantitative estimate of drug-likeness (QED) is 0.357. The lowest BCUT2D eigenvalue weighted by molar-refractivity contribution is 0.112. The number of carbonyl (C=O) groups excluding carboxylic acids is 1. The van der Waals surface area contributed by atoms with E-state index in [9.17, 15) is 4.79 Å². The van der Waals surface area contributed by atoms with Gasteiger partial charge < -0.3 is 0 Å². The van der Waals surface area contributed by atoms with Crippen LogP contribution >= 0.6 is 11.8 Å². The molecule has 2 aromatic carbocycles. The molecule has 2 rings (SSSR count). The number of unbranched alkanes of at least 4 members (excludes halogenated alkanes) is 2. The molecular weight excluding hydrogens is 288 g/mol. The second-order valence-electron chi connectivity index (χ2n) is 5.79. The Labute approximate surface area is 138 Å². The number of hydrogen-bond donors (Lipinski definition) is 0. The molecule has 0 aliphatic heterocycles. The van der Waals surface area contributed by atoms with Crippen molar-refractivity contribution in [3.05, 3.63) is 64.7 Å². The second kappa shape index (κ2) is 8.79. The van der Waals surface area contributed by atoms with Gasteiger partial charge in [-0.2, -0.15) is 0 Å². The fourth-order valence-electron chi connectivity index (χ4n) is 2.45. The van der Waals surface area contributed by atoms with E-state index in [-0.39, 0.29) is 0 Å². The minimum atomic E-state index is 0.764. The van der Waals surface area contributed by atoms with Crippen LogP contribution in [-0.2, 0) is 6.42 Å². The first-order valence-electron chi connectivity index (χ1n) is 7.93. The second-order valence-corrected chi connectivity index (χ2v) is 6.92. The van der Waals surface area contributed by atoms with Gasteiger partial charge in [-0.3, -0.25) is 4.79 Å². The lowest BCUT2D eigenvalue weighted by atomic mass is 10.1. The summed E-state index contributed by atoms with van der Waals surface area (Å²) in [6, 6.07) is 14.8. The molecule has 0 fully saturated rings. The van der Waals surface area contributed by atoms with E-state index in [0.717, 1.165) is 17.6 Å². The summed E-state index contributed by atoms with van der Waals surface area (Å²) in [6.07, 6.45) is 5.86. The largest absolute Gasteiger partial charge is 0.298 e. The summed E-state index contributed by atoms with van der Waals surface area (Å²) in [6.45, 7) is 4.21. The van der Waals surface area contributed by atoms with Crippen LogP contribution in [-0.4, -0.2) is 12.0 Å². The summed E-state index contributed by atoms with van der Waals surface area (Å²) in [4.78, 5) is 12.0. The number of rotatable bonds is 8. The van der Waals surface area contributed by atoms with E-state index in [1.165, 1.54) is 47.3 Å². The first kappa shape index (κ1) is 16.8. The average Bonchev–Trinajstić information content (AvgIpc) is 2.53. The first-order valence-corrected chi connectivity index (χ1v) is 8.92. The van der Waals surface area contributed by atoms with Crippen molar-refractivity contribution >= 4 is 18.0 Å². The highest BCUT2D eigenvalue weighted by Crippen LogP contribution is 2.24. The zero-order valence-electron chi connectivity index (χ0n) is 13.5. The van der Waals surface area contributed by atoms with Gasteiger partial charge in [-0.1, -0.05) is 42.3 Å². The summed E-state index contributed by atoms with van der Waals surface area (Å²) < 4.78 is 0. The average molecular weight is 312 g/mol. The molecule has 0 atom stereocenters. The van der Waals surface area contributed by atoms with Crippen LogP contribution in [0.5, 0.6) is 0 Å². The van der Waals surface area contributed by atoms with Gasteiger partial charge in [0.25, 0.3) is 0 Å². The third-order valence-electron chi connectivity index (χ3n) is 3.82. The van der Waals surface area contributed by atoms with Gasteiger partial charge in [0.05, 0.1) is 0 Å². The lowest BCUT2D eigenvalue weighted by Crippen LogP contribution is -1.89. The van der Waals surface area contributed by atoms with Crippen molar-refractivity contribution in [3.8, 4) is 0 Å². The zero-order valence-corrected chi connectivity index (χ0v) is 14.3. The van der Waals surface area contributed by atoms with Crippen LogP contribution in [0.1, 0.15) is 46.3 Å². The van der Waals surface area contributed by atoms with Crippen molar-refractivity contribution in [2.45, 2.75) is 44.4 Å². The molecule has 0 N–H and O–H groups in total. The SMILES string of the molecule is Cc1ccc(CCCCCSc2ccc(C=O)cc2C)cc1. The third-order valence-corrected chi connectivity index (χ3v) is 5.08. The van der Waals surface area contributed by atoms with E-state index in [1.807, 2.05) is 23.9 Å². The maximum absolute atomic E-state index is 10.7. The molecule has 0 aliphatic rings. The number of benzene rings is 2. The van der Waals surface area contributed by atoms with E-state index in [0.29, 0.717) is 0 Å². The summed E-state index contributed by atoms with van der Waals surface area (Å²) in [7, 11) is 0. The summed E-state index contributed by atoms with van der Waals surface area (Å²) in [5.41, 5.74) is 4.74. The summed E-state index contributed by atoms with van der Waals surface area (Å²) in [5.74, 6) is 1.15. The molecule has 0 bridgehead atoms. The molecule has 0 aromatic heterocycles. The minimum Gasteiger partial charge on any atom is -0.298 e. The highest BCUT2D eigenvalue weighted by Gasteiger charge is 2.01. The van der Waals surface area contributed by atoms with Gasteiger partial charge in [0, 0.05) is 10.5 Å². The molecule has 0 saturated heterocycles. The van der Waals surface area contributed by atoms with Crippen molar-refractivity contribution in [2.75, 3.05) is 5.75 Å². The molecule has 2 aromatic rings. The molecule has 116 valence electrons. The fraction of sp³-hybridized carbons (Fsp3) is 0.350. The topological polar surface area (TPSA) is 17.1 Å². The molecule has 2 heteroatoms. The predicted molar refractivity (Wildman–Crippen MR) is 96.0 cm³/mol. The third kappa shape index (κ3) is 5.34. The Morgan fingerprint density at radius 1 is 0.955 bits per heavy atom. The zero-order chi connectivity index (χ0) is 15.8. The summed E-state index contributed by atoms with van der Waals surface area (Å²) in [5, 5.41) is 0. The highest BCUT2D eigenvalue weighted by atomic mass is 32.2. The van der Waals surface area contributed by atoms with Crippen LogP contribution in [0.25, 0.3) is 0 Å². The van der Waals surface area contributed by atoms with Crippen molar-refractivity contribution in [1.82, 2.24) is 0 Å². The maximum atomic E-state index is 10.7. The Bertz CT molecular complexity index is 602. The smallest absolute Gasteiger partial charge is 0.150 e. The number of aldehydes is 1. The molecule has 0 unspecified atom stereocenters. The molecule has 1 nitrogen and oxygen atoms in total. The van der Waals surface area contributed by atoms with Crippen LogP contribution in [0, 0.1) is 13.8 Å². The van der Waals surface area contributed by atoms with E-state index in [2.05, 4.69) is 44.2 Å². The molecule has 0 amide bonds. The van der Waals surface area contributed by atoms with Crippen molar-refractivity contribution in [1.29, 1.82) is 0 Å². The number of carbonyl (C=O) groups is 1. The Balaban J connectivity index is 1.65. The van der Waals surface area contributed by atoms with Gasteiger partial charge in [0.1, 0.15) is 6.29 Å². The van der Waals surface area contributed by atoms with E-state index in [4.69, 9.17) is 0 Å². The molecule has 0 heterocycles. The Hall–Kier alpha value is -1.54. The number of hydrogen-bond acceptors (Lipinski definition) is 2.